The topological polar surface area (TPSA) is 46.2 Å². The summed E-state index contributed by atoms with van der Waals surface area (Å²) in [5.41, 5.74) is 0. The van der Waals surface area contributed by atoms with E-state index in [2.05, 4.69) is 20.7 Å². The summed E-state index contributed by atoms with van der Waals surface area (Å²) < 4.78 is 28.4. The lowest BCUT2D eigenvalue weighted by atomic mass is 10.1. The van der Waals surface area contributed by atoms with Crippen LogP contribution in [0, 0.1) is 0 Å². The maximum absolute atomic E-state index is 12.4. The molecule has 2 aromatic carbocycles. The van der Waals surface area contributed by atoms with Gasteiger partial charge in [-0.25, -0.2) is 13.1 Å². The fourth-order valence-electron chi connectivity index (χ4n) is 1.88. The number of benzene rings is 2. The van der Waals surface area contributed by atoms with Gasteiger partial charge in [0.15, 0.2) is 0 Å². The molecular formula is C14H16BrNO2S. The Balaban J connectivity index is 2.60. The number of halogens is 1. The largest absolute Gasteiger partial charge is 0.241 e. The van der Waals surface area contributed by atoms with Crippen LogP contribution in [0.2, 0.25) is 0 Å². The summed E-state index contributed by atoms with van der Waals surface area (Å²) in [7, 11) is -3.49. The number of nitrogens with one attached hydrogen (secondary N) is 1. The minimum absolute atomic E-state index is 0.0765. The molecule has 3 nitrogen and oxygen atoms in total. The lowest BCUT2D eigenvalue weighted by Gasteiger charge is -2.14. The van der Waals surface area contributed by atoms with Gasteiger partial charge in [0.25, 0.3) is 0 Å². The first-order valence-electron chi connectivity index (χ1n) is 6.15. The van der Waals surface area contributed by atoms with Gasteiger partial charge >= 0.3 is 0 Å². The molecule has 0 aliphatic carbocycles. The summed E-state index contributed by atoms with van der Waals surface area (Å²) in [5, 5.41) is 1.63. The summed E-state index contributed by atoms with van der Waals surface area (Å²) in [6.07, 6.45) is 0.758. The molecule has 0 saturated heterocycles. The predicted octanol–water partition coefficient (Wildman–Crippen LogP) is 3.68. The Hall–Kier alpha value is -0.910. The second-order valence-electron chi connectivity index (χ2n) is 4.52. The van der Waals surface area contributed by atoms with Gasteiger partial charge in [0.2, 0.25) is 10.0 Å². The van der Waals surface area contributed by atoms with Crippen LogP contribution in [-0.2, 0) is 10.0 Å². The highest BCUT2D eigenvalue weighted by molar-refractivity contribution is 9.10. The van der Waals surface area contributed by atoms with Crippen molar-refractivity contribution >= 4 is 36.7 Å². The smallest absolute Gasteiger partial charge is 0.208 e. The summed E-state index contributed by atoms with van der Waals surface area (Å²) in [5.74, 6) is 0. The van der Waals surface area contributed by atoms with E-state index < -0.39 is 10.0 Å². The monoisotopic (exact) mass is 341 g/mol. The van der Waals surface area contributed by atoms with E-state index in [1.807, 2.05) is 38.1 Å². The summed E-state index contributed by atoms with van der Waals surface area (Å²) in [6.45, 7) is 3.81. The molecule has 0 heterocycles. The van der Waals surface area contributed by atoms with Crippen molar-refractivity contribution in [3.05, 3.63) is 40.9 Å². The zero-order valence-electron chi connectivity index (χ0n) is 10.9. The molecule has 1 N–H and O–H groups in total. The van der Waals surface area contributed by atoms with Gasteiger partial charge < -0.3 is 0 Å². The van der Waals surface area contributed by atoms with E-state index in [1.165, 1.54) is 0 Å². The Morgan fingerprint density at radius 2 is 1.79 bits per heavy atom. The fraction of sp³-hybridized carbons (Fsp3) is 0.286. The van der Waals surface area contributed by atoms with Crippen LogP contribution >= 0.6 is 15.9 Å². The van der Waals surface area contributed by atoms with Crippen molar-refractivity contribution in [3.8, 4) is 0 Å². The Kier molecular flexibility index (Phi) is 4.28. The van der Waals surface area contributed by atoms with Crippen LogP contribution in [0.4, 0.5) is 0 Å². The van der Waals surface area contributed by atoms with Gasteiger partial charge in [0.1, 0.15) is 0 Å². The summed E-state index contributed by atoms with van der Waals surface area (Å²) >= 11 is 3.45. The molecule has 0 amide bonds. The zero-order chi connectivity index (χ0) is 14.0. The first-order valence-corrected chi connectivity index (χ1v) is 8.43. The van der Waals surface area contributed by atoms with Gasteiger partial charge in [-0.3, -0.25) is 0 Å². The molecule has 1 atom stereocenters. The Morgan fingerprint density at radius 1 is 1.16 bits per heavy atom. The Morgan fingerprint density at radius 3 is 2.42 bits per heavy atom. The zero-order valence-corrected chi connectivity index (χ0v) is 13.3. The second kappa shape index (κ2) is 5.61. The van der Waals surface area contributed by atoms with Crippen LogP contribution in [0.5, 0.6) is 0 Å². The van der Waals surface area contributed by atoms with Crippen molar-refractivity contribution in [1.29, 1.82) is 0 Å². The highest BCUT2D eigenvalue weighted by Crippen LogP contribution is 2.29. The van der Waals surface area contributed by atoms with E-state index >= 15 is 0 Å². The molecule has 0 unspecified atom stereocenters. The van der Waals surface area contributed by atoms with Crippen molar-refractivity contribution < 1.29 is 8.42 Å². The third kappa shape index (κ3) is 2.99. The van der Waals surface area contributed by atoms with Crippen LogP contribution < -0.4 is 4.72 Å². The average Bonchev–Trinajstić information content (AvgIpc) is 2.38. The maximum Gasteiger partial charge on any atom is 0.241 e. The predicted molar refractivity (Wildman–Crippen MR) is 81.7 cm³/mol. The molecule has 0 radical (unpaired) electrons. The van der Waals surface area contributed by atoms with Crippen molar-refractivity contribution in [2.75, 3.05) is 0 Å². The molecule has 5 heteroatoms. The van der Waals surface area contributed by atoms with Gasteiger partial charge in [0.05, 0.1) is 4.90 Å². The molecule has 2 rings (SSSR count). The molecule has 0 fully saturated rings. The van der Waals surface area contributed by atoms with Crippen LogP contribution in [0.1, 0.15) is 20.3 Å². The Bertz CT molecular complexity index is 698. The first kappa shape index (κ1) is 14.5. The average molecular weight is 342 g/mol. The van der Waals surface area contributed by atoms with Gasteiger partial charge in [0, 0.05) is 15.9 Å². The van der Waals surface area contributed by atoms with Crippen molar-refractivity contribution in [3.63, 3.8) is 0 Å². The molecule has 0 aliphatic heterocycles. The second-order valence-corrected chi connectivity index (χ2v) is 7.06. The lowest BCUT2D eigenvalue weighted by molar-refractivity contribution is 0.556. The van der Waals surface area contributed by atoms with Crippen molar-refractivity contribution in [2.24, 2.45) is 0 Å². The Labute approximate surface area is 122 Å². The molecule has 19 heavy (non-hydrogen) atoms. The molecule has 2 aromatic rings. The SMILES string of the molecule is CC[C@@H](C)NS(=O)(=O)c1ccc(Br)c2ccccc12. The minimum Gasteiger partial charge on any atom is -0.208 e. The van der Waals surface area contributed by atoms with Crippen molar-refractivity contribution in [1.82, 2.24) is 4.72 Å². The highest BCUT2D eigenvalue weighted by atomic mass is 79.9. The molecule has 0 aliphatic rings. The van der Waals surface area contributed by atoms with Crippen LogP contribution in [0.3, 0.4) is 0 Å². The van der Waals surface area contributed by atoms with E-state index in [-0.39, 0.29) is 6.04 Å². The third-order valence-corrected chi connectivity index (χ3v) is 5.43. The van der Waals surface area contributed by atoms with E-state index in [0.29, 0.717) is 4.90 Å². The van der Waals surface area contributed by atoms with E-state index in [4.69, 9.17) is 0 Å². The van der Waals surface area contributed by atoms with Crippen LogP contribution in [-0.4, -0.2) is 14.5 Å². The van der Waals surface area contributed by atoms with Gasteiger partial charge in [-0.1, -0.05) is 47.1 Å². The normalized spacial score (nSPS) is 13.6. The van der Waals surface area contributed by atoms with Gasteiger partial charge in [-0.2, -0.15) is 0 Å². The molecule has 0 saturated carbocycles. The van der Waals surface area contributed by atoms with Gasteiger partial charge in [-0.15, -0.1) is 0 Å². The number of hydrogen-bond acceptors (Lipinski definition) is 2. The summed E-state index contributed by atoms with van der Waals surface area (Å²) in [6, 6.07) is 10.8. The number of sulfonamides is 1. The van der Waals surface area contributed by atoms with Crippen molar-refractivity contribution in [2.45, 2.75) is 31.2 Å². The highest BCUT2D eigenvalue weighted by Gasteiger charge is 2.19. The minimum atomic E-state index is -3.49. The molecule has 0 bridgehead atoms. The lowest BCUT2D eigenvalue weighted by Crippen LogP contribution is -2.32. The first-order chi connectivity index (χ1) is 8.95. The molecule has 102 valence electrons. The number of fused-ring (bicyclic) bond motifs is 1. The third-order valence-electron chi connectivity index (χ3n) is 3.09. The molecule has 0 spiro atoms. The number of rotatable bonds is 4. The summed E-state index contributed by atoms with van der Waals surface area (Å²) in [4.78, 5) is 0.326. The standard InChI is InChI=1S/C14H16BrNO2S/c1-3-10(2)16-19(17,18)14-9-8-13(15)11-6-4-5-7-12(11)14/h4-10,16H,3H2,1-2H3/t10-/m1/s1. The van der Waals surface area contributed by atoms with E-state index in [0.717, 1.165) is 21.7 Å². The molecule has 0 aromatic heterocycles. The maximum atomic E-state index is 12.4. The van der Waals surface area contributed by atoms with E-state index in [9.17, 15) is 8.42 Å². The van der Waals surface area contributed by atoms with E-state index in [1.54, 1.807) is 12.1 Å². The molecular weight excluding hydrogens is 326 g/mol. The quantitative estimate of drug-likeness (QED) is 0.921. The van der Waals surface area contributed by atoms with Gasteiger partial charge in [-0.05, 0) is 30.9 Å². The van der Waals surface area contributed by atoms with Crippen LogP contribution in [0.15, 0.2) is 45.8 Å². The fourth-order valence-corrected chi connectivity index (χ4v) is 3.90. The number of hydrogen-bond donors (Lipinski definition) is 1. The van der Waals surface area contributed by atoms with Crippen LogP contribution in [0.25, 0.3) is 10.8 Å².